The van der Waals surface area contributed by atoms with Crippen LogP contribution >= 0.6 is 0 Å². The molecule has 1 aliphatic rings. The van der Waals surface area contributed by atoms with Crippen LogP contribution in [0.2, 0.25) is 0 Å². The van der Waals surface area contributed by atoms with Crippen LogP contribution in [0.25, 0.3) is 33.4 Å². The number of phenols is 4. The number of aliphatic hydroxyl groups is 2. The first-order valence-corrected chi connectivity index (χ1v) is 15.1. The van der Waals surface area contributed by atoms with Gasteiger partial charge in [0.15, 0.2) is 0 Å². The molecule has 0 heterocycles. The van der Waals surface area contributed by atoms with Gasteiger partial charge in [0.2, 0.25) is 0 Å². The lowest BCUT2D eigenvalue weighted by Gasteiger charge is -2.26. The summed E-state index contributed by atoms with van der Waals surface area (Å²) < 4.78 is 0. The van der Waals surface area contributed by atoms with Gasteiger partial charge in [-0.2, -0.15) is 0 Å². The summed E-state index contributed by atoms with van der Waals surface area (Å²) in [6.45, 7) is 0. The summed E-state index contributed by atoms with van der Waals surface area (Å²) in [5.74, 6) is -2.68. The van der Waals surface area contributed by atoms with Crippen LogP contribution in [0.5, 0.6) is 23.0 Å². The Labute approximate surface area is 276 Å². The van der Waals surface area contributed by atoms with Crippen molar-refractivity contribution in [1.29, 1.82) is 0 Å². The molecule has 0 unspecified atom stereocenters. The molecule has 0 saturated heterocycles. The zero-order valence-corrected chi connectivity index (χ0v) is 25.4. The molecule has 0 atom stereocenters. The van der Waals surface area contributed by atoms with Gasteiger partial charge in [-0.05, 0) is 23.3 Å². The Morgan fingerprint density at radius 3 is 1.02 bits per heavy atom. The van der Waals surface area contributed by atoms with Crippen molar-refractivity contribution >= 4 is 33.9 Å². The summed E-state index contributed by atoms with van der Waals surface area (Å²) in [6, 6.07) is 40.1. The van der Waals surface area contributed by atoms with Gasteiger partial charge in [-0.25, -0.2) is 0 Å². The van der Waals surface area contributed by atoms with Gasteiger partial charge in [0, 0.05) is 58.1 Å². The topological polar surface area (TPSA) is 145 Å². The minimum absolute atomic E-state index is 0.203. The summed E-state index contributed by atoms with van der Waals surface area (Å²) in [7, 11) is 0. The van der Waals surface area contributed by atoms with E-state index in [1.807, 2.05) is 109 Å². The lowest BCUT2D eigenvalue weighted by Crippen LogP contribution is -2.12. The summed E-state index contributed by atoms with van der Waals surface area (Å²) in [5.41, 5.74) is 5.12. The Morgan fingerprint density at radius 2 is 0.667 bits per heavy atom. The molecule has 0 aromatic heterocycles. The number of hydrogen-bond donors (Lipinski definition) is 8. The molecule has 6 aromatic carbocycles. The summed E-state index contributed by atoms with van der Waals surface area (Å²) in [4.78, 5) is 0. The molecule has 0 fully saturated rings. The second-order valence-corrected chi connectivity index (χ2v) is 11.3. The molecule has 0 spiro atoms. The molecule has 0 aliphatic heterocycles. The molecule has 236 valence electrons. The molecule has 8 heteroatoms. The lowest BCUT2D eigenvalue weighted by atomic mass is 9.83. The monoisotopic (exact) mass is 634 g/mol. The molecule has 7 rings (SSSR count). The van der Waals surface area contributed by atoms with Crippen LogP contribution < -0.4 is 10.6 Å². The Hall–Kier alpha value is -6.80. The van der Waals surface area contributed by atoms with Gasteiger partial charge >= 0.3 is 0 Å². The molecule has 8 N–H and O–H groups in total. The standard InChI is InChI=1S/C40H30N2O6/c43-31-19-25(41-29-17-9-7-15-27(29)23-11-3-1-4-12-23)20-32(44)35(31)37-39(47)38(40(37)48)36-33(45)21-26(22-34(36)46)42-30-18-10-8-16-28(30)24-13-5-2-6-14-24/h1-22,41-48H. The number of benzene rings is 6. The number of aromatic hydroxyl groups is 4. The first-order valence-electron chi connectivity index (χ1n) is 15.1. The lowest BCUT2D eigenvalue weighted by molar-refractivity contribution is 0.382. The van der Waals surface area contributed by atoms with E-state index in [0.29, 0.717) is 11.4 Å². The maximum Gasteiger partial charge on any atom is 0.139 e. The summed E-state index contributed by atoms with van der Waals surface area (Å²) >= 11 is 0. The van der Waals surface area contributed by atoms with Crippen LogP contribution in [0.15, 0.2) is 145 Å². The van der Waals surface area contributed by atoms with Crippen LogP contribution in [0.1, 0.15) is 11.1 Å². The van der Waals surface area contributed by atoms with Gasteiger partial charge in [0.25, 0.3) is 0 Å². The fourth-order valence-corrected chi connectivity index (χ4v) is 6.00. The number of aliphatic hydroxyl groups excluding tert-OH is 2. The molecule has 1 aliphatic carbocycles. The first kappa shape index (κ1) is 29.9. The van der Waals surface area contributed by atoms with Crippen LogP contribution in [-0.4, -0.2) is 30.6 Å². The second kappa shape index (κ2) is 12.2. The van der Waals surface area contributed by atoms with Crippen molar-refractivity contribution in [2.45, 2.75) is 0 Å². The number of nitrogens with one attached hydrogen (secondary N) is 2. The van der Waals surface area contributed by atoms with Crippen LogP contribution in [0, 0.1) is 0 Å². The third-order valence-corrected chi connectivity index (χ3v) is 8.22. The zero-order chi connectivity index (χ0) is 33.4. The Balaban J connectivity index is 1.16. The molecule has 8 nitrogen and oxygen atoms in total. The fourth-order valence-electron chi connectivity index (χ4n) is 6.00. The third-order valence-electron chi connectivity index (χ3n) is 8.22. The van der Waals surface area contributed by atoms with E-state index in [4.69, 9.17) is 0 Å². The highest BCUT2D eigenvalue weighted by Crippen LogP contribution is 2.54. The van der Waals surface area contributed by atoms with Crippen LogP contribution in [0.4, 0.5) is 22.7 Å². The second-order valence-electron chi connectivity index (χ2n) is 11.3. The molecule has 48 heavy (non-hydrogen) atoms. The highest BCUT2D eigenvalue weighted by Gasteiger charge is 2.37. The Morgan fingerprint density at radius 1 is 0.354 bits per heavy atom. The van der Waals surface area contributed by atoms with E-state index in [9.17, 15) is 30.6 Å². The predicted octanol–water partition coefficient (Wildman–Crippen LogP) is 9.58. The van der Waals surface area contributed by atoms with E-state index in [2.05, 4.69) is 10.6 Å². The van der Waals surface area contributed by atoms with Crippen molar-refractivity contribution in [2.75, 3.05) is 10.6 Å². The average molecular weight is 635 g/mol. The molecule has 0 amide bonds. The molecular formula is C40H30N2O6. The smallest absolute Gasteiger partial charge is 0.139 e. The number of phenolic OH excluding ortho intramolecular Hbond substituents is 4. The summed E-state index contributed by atoms with van der Waals surface area (Å²) in [6.07, 6.45) is 0. The van der Waals surface area contributed by atoms with E-state index in [0.717, 1.165) is 33.6 Å². The minimum atomic E-state index is -0.519. The van der Waals surface area contributed by atoms with E-state index in [1.54, 1.807) is 0 Å². The van der Waals surface area contributed by atoms with Gasteiger partial charge in [-0.15, -0.1) is 0 Å². The first-order chi connectivity index (χ1) is 23.3. The molecule has 0 radical (unpaired) electrons. The SMILES string of the molecule is OC1=C(c2c(O)cc(Nc3ccccc3-c3ccccc3)cc2O)C(O)=C1c1c(O)cc(Nc2ccccc2-c2ccccc2)cc1O. The quantitative estimate of drug-likeness (QED) is 0.0826. The predicted molar refractivity (Wildman–Crippen MR) is 189 cm³/mol. The van der Waals surface area contributed by atoms with Gasteiger partial charge in [0.05, 0.1) is 22.3 Å². The number of para-hydroxylation sites is 2. The van der Waals surface area contributed by atoms with Gasteiger partial charge in [-0.1, -0.05) is 97.1 Å². The summed E-state index contributed by atoms with van der Waals surface area (Å²) in [5, 5.41) is 72.4. The van der Waals surface area contributed by atoms with Crippen molar-refractivity contribution in [1.82, 2.24) is 0 Å². The number of hydrogen-bond acceptors (Lipinski definition) is 8. The van der Waals surface area contributed by atoms with E-state index >= 15 is 0 Å². The van der Waals surface area contributed by atoms with E-state index in [1.165, 1.54) is 24.3 Å². The van der Waals surface area contributed by atoms with Crippen LogP contribution in [-0.2, 0) is 0 Å². The van der Waals surface area contributed by atoms with Gasteiger partial charge in [0.1, 0.15) is 34.5 Å². The molecule has 6 aromatic rings. The molecular weight excluding hydrogens is 604 g/mol. The zero-order valence-electron chi connectivity index (χ0n) is 25.4. The van der Waals surface area contributed by atoms with E-state index < -0.39 is 34.5 Å². The highest BCUT2D eigenvalue weighted by molar-refractivity contribution is 6.10. The number of rotatable bonds is 8. The number of allylic oxidation sites excluding steroid dienone is 2. The van der Waals surface area contributed by atoms with Crippen molar-refractivity contribution in [2.24, 2.45) is 0 Å². The Bertz CT molecular complexity index is 2030. The molecule has 0 bridgehead atoms. The number of anilines is 4. The van der Waals surface area contributed by atoms with Gasteiger partial charge < -0.3 is 41.3 Å². The van der Waals surface area contributed by atoms with E-state index in [-0.39, 0.29) is 22.3 Å². The normalized spacial score (nSPS) is 12.5. The molecule has 0 saturated carbocycles. The van der Waals surface area contributed by atoms with Crippen LogP contribution in [0.3, 0.4) is 0 Å². The minimum Gasteiger partial charge on any atom is -0.507 e. The third kappa shape index (κ3) is 5.37. The Kier molecular flexibility index (Phi) is 7.59. The highest BCUT2D eigenvalue weighted by atomic mass is 16.3. The fraction of sp³-hybridized carbons (Fsp3) is 0. The van der Waals surface area contributed by atoms with Crippen molar-refractivity contribution in [3.63, 3.8) is 0 Å². The maximum atomic E-state index is 11.1. The largest absolute Gasteiger partial charge is 0.507 e. The van der Waals surface area contributed by atoms with Crippen molar-refractivity contribution in [3.05, 3.63) is 156 Å². The average Bonchev–Trinajstić information content (AvgIpc) is 3.09. The van der Waals surface area contributed by atoms with Crippen molar-refractivity contribution in [3.8, 4) is 45.3 Å². The maximum absolute atomic E-state index is 11.1. The van der Waals surface area contributed by atoms with Crippen molar-refractivity contribution < 1.29 is 30.6 Å². The van der Waals surface area contributed by atoms with Gasteiger partial charge in [-0.3, -0.25) is 0 Å².